The molecule has 2 aliphatic rings. The normalized spacial score (nSPS) is 19.2. The summed E-state index contributed by atoms with van der Waals surface area (Å²) in [5.74, 6) is -0.542. The van der Waals surface area contributed by atoms with E-state index in [1.54, 1.807) is 49.9 Å². The predicted octanol–water partition coefficient (Wildman–Crippen LogP) is 3.89. The molecule has 0 bridgehead atoms. The summed E-state index contributed by atoms with van der Waals surface area (Å²) >= 11 is 6.50. The standard InChI is InChI=1S/C29H38ClFN4O5/c1-28(2,3)40-27(37)35-17-24(39-23-16-21(34(4)5)20(30)15-22(23)35)26(36)33-25(29(38)10-12-32-13-11-29)14-18-6-8-19(31)9-7-18/h6-9,15-16,24-25,32,38H,10-14,17H2,1-5H3,(H,33,36). The number of carbonyl (C=O) groups is 2. The molecule has 2 aromatic rings. The number of rotatable bonds is 6. The molecule has 0 aliphatic carbocycles. The molecule has 9 nitrogen and oxygen atoms in total. The van der Waals surface area contributed by atoms with Crippen LogP contribution < -0.4 is 25.2 Å². The number of nitrogens with zero attached hydrogens (tertiary/aromatic N) is 2. The van der Waals surface area contributed by atoms with E-state index in [1.165, 1.54) is 17.0 Å². The van der Waals surface area contributed by atoms with E-state index < -0.39 is 35.3 Å². The molecule has 1 saturated heterocycles. The number of carbonyl (C=O) groups excluding carboxylic acids is 2. The fourth-order valence-electron chi connectivity index (χ4n) is 4.97. The maximum atomic E-state index is 13.7. The first-order chi connectivity index (χ1) is 18.8. The molecule has 2 amide bonds. The second-order valence-corrected chi connectivity index (χ2v) is 12.0. The van der Waals surface area contributed by atoms with Crippen molar-refractivity contribution in [1.82, 2.24) is 10.6 Å². The molecule has 2 heterocycles. The van der Waals surface area contributed by atoms with Gasteiger partial charge in [0.15, 0.2) is 6.10 Å². The van der Waals surface area contributed by atoms with E-state index >= 15 is 0 Å². The molecule has 4 rings (SSSR count). The minimum Gasteiger partial charge on any atom is -0.476 e. The topological polar surface area (TPSA) is 103 Å². The van der Waals surface area contributed by atoms with Gasteiger partial charge in [0.1, 0.15) is 17.2 Å². The van der Waals surface area contributed by atoms with Crippen LogP contribution in [0.2, 0.25) is 5.02 Å². The number of amides is 2. The van der Waals surface area contributed by atoms with E-state index in [0.717, 1.165) is 5.56 Å². The Kier molecular flexibility index (Phi) is 8.82. The largest absolute Gasteiger partial charge is 0.476 e. The summed E-state index contributed by atoms with van der Waals surface area (Å²) in [5, 5.41) is 18.2. The Bertz CT molecular complexity index is 1230. The minimum absolute atomic E-state index is 0.116. The minimum atomic E-state index is -1.18. The molecule has 2 unspecified atom stereocenters. The summed E-state index contributed by atoms with van der Waals surface area (Å²) in [6, 6.07) is 8.63. The van der Waals surface area contributed by atoms with Gasteiger partial charge in [0.2, 0.25) is 0 Å². The van der Waals surface area contributed by atoms with E-state index in [9.17, 15) is 19.1 Å². The lowest BCUT2D eigenvalue weighted by atomic mass is 9.81. The fourth-order valence-corrected chi connectivity index (χ4v) is 5.29. The van der Waals surface area contributed by atoms with Gasteiger partial charge in [0.05, 0.1) is 34.6 Å². The molecule has 2 aromatic carbocycles. The molecule has 3 N–H and O–H groups in total. The molecule has 0 aromatic heterocycles. The molecule has 218 valence electrons. The summed E-state index contributed by atoms with van der Waals surface area (Å²) < 4.78 is 25.3. The zero-order valence-electron chi connectivity index (χ0n) is 23.6. The number of aliphatic hydroxyl groups is 1. The third kappa shape index (κ3) is 6.97. The van der Waals surface area contributed by atoms with Crippen molar-refractivity contribution in [3.05, 3.63) is 52.8 Å². The van der Waals surface area contributed by atoms with Crippen molar-refractivity contribution in [3.63, 3.8) is 0 Å². The number of fused-ring (bicyclic) bond motifs is 1. The van der Waals surface area contributed by atoms with Gasteiger partial charge in [-0.25, -0.2) is 9.18 Å². The van der Waals surface area contributed by atoms with Crippen LogP contribution in [0.15, 0.2) is 36.4 Å². The highest BCUT2D eigenvalue weighted by Gasteiger charge is 2.42. The quantitative estimate of drug-likeness (QED) is 0.479. The summed E-state index contributed by atoms with van der Waals surface area (Å²) in [4.78, 5) is 30.2. The van der Waals surface area contributed by atoms with Gasteiger partial charge in [0, 0.05) is 20.2 Å². The van der Waals surface area contributed by atoms with Crippen LogP contribution in [0.5, 0.6) is 5.75 Å². The van der Waals surface area contributed by atoms with Crippen LogP contribution in [0.25, 0.3) is 0 Å². The highest BCUT2D eigenvalue weighted by molar-refractivity contribution is 6.33. The van der Waals surface area contributed by atoms with E-state index in [2.05, 4.69) is 10.6 Å². The third-order valence-electron chi connectivity index (χ3n) is 7.11. The Morgan fingerprint density at radius 1 is 1.25 bits per heavy atom. The van der Waals surface area contributed by atoms with Gasteiger partial charge < -0.3 is 30.1 Å². The van der Waals surface area contributed by atoms with Crippen LogP contribution in [0.1, 0.15) is 39.2 Å². The number of piperidine rings is 1. The van der Waals surface area contributed by atoms with Crippen LogP contribution in [0.3, 0.4) is 0 Å². The summed E-state index contributed by atoms with van der Waals surface area (Å²) in [5.41, 5.74) is -0.121. The van der Waals surface area contributed by atoms with Crippen molar-refractivity contribution in [2.45, 2.75) is 63.4 Å². The van der Waals surface area contributed by atoms with Crippen LogP contribution in [-0.2, 0) is 16.0 Å². The molecule has 2 aliphatic heterocycles. The van der Waals surface area contributed by atoms with Gasteiger partial charge in [-0.15, -0.1) is 0 Å². The Morgan fingerprint density at radius 2 is 1.90 bits per heavy atom. The average Bonchev–Trinajstić information content (AvgIpc) is 2.87. The summed E-state index contributed by atoms with van der Waals surface area (Å²) in [7, 11) is 3.65. The molecule has 1 fully saturated rings. The van der Waals surface area contributed by atoms with E-state index in [1.807, 2.05) is 14.1 Å². The molecule has 11 heteroatoms. The number of nitrogens with one attached hydrogen (secondary N) is 2. The number of anilines is 2. The lowest BCUT2D eigenvalue weighted by Gasteiger charge is -2.41. The summed E-state index contributed by atoms with van der Waals surface area (Å²) in [6.45, 7) is 6.36. The van der Waals surface area contributed by atoms with E-state index in [4.69, 9.17) is 21.1 Å². The van der Waals surface area contributed by atoms with Crippen LogP contribution >= 0.6 is 11.6 Å². The Balaban J connectivity index is 1.64. The zero-order chi connectivity index (χ0) is 29.2. The van der Waals surface area contributed by atoms with Crippen LogP contribution in [0, 0.1) is 5.82 Å². The molecule has 0 saturated carbocycles. The summed E-state index contributed by atoms with van der Waals surface area (Å²) in [6.07, 6.45) is -0.562. The Morgan fingerprint density at radius 3 is 2.50 bits per heavy atom. The lowest BCUT2D eigenvalue weighted by Crippen LogP contribution is -2.61. The third-order valence-corrected chi connectivity index (χ3v) is 7.42. The van der Waals surface area contributed by atoms with Crippen molar-refractivity contribution in [3.8, 4) is 5.75 Å². The fraction of sp³-hybridized carbons (Fsp3) is 0.517. The van der Waals surface area contributed by atoms with Gasteiger partial charge in [-0.3, -0.25) is 9.69 Å². The van der Waals surface area contributed by atoms with Gasteiger partial charge in [-0.05, 0) is 76.9 Å². The second-order valence-electron chi connectivity index (χ2n) is 11.6. The number of hydrogen-bond acceptors (Lipinski definition) is 7. The molecular formula is C29H38ClFN4O5. The molecule has 40 heavy (non-hydrogen) atoms. The maximum absolute atomic E-state index is 13.7. The Labute approximate surface area is 239 Å². The van der Waals surface area contributed by atoms with Crippen molar-refractivity contribution in [2.24, 2.45) is 0 Å². The number of hydrogen-bond donors (Lipinski definition) is 3. The van der Waals surface area contributed by atoms with E-state index in [0.29, 0.717) is 54.5 Å². The van der Waals surface area contributed by atoms with Crippen molar-refractivity contribution in [2.75, 3.05) is 43.5 Å². The van der Waals surface area contributed by atoms with E-state index in [-0.39, 0.29) is 12.4 Å². The first kappa shape index (κ1) is 29.9. The van der Waals surface area contributed by atoms with Crippen molar-refractivity contribution >= 4 is 35.0 Å². The average molecular weight is 577 g/mol. The number of ether oxygens (including phenoxy) is 2. The molecule has 2 atom stereocenters. The molecule has 0 radical (unpaired) electrons. The van der Waals surface area contributed by atoms with Crippen LogP contribution in [0.4, 0.5) is 20.6 Å². The van der Waals surface area contributed by atoms with Crippen molar-refractivity contribution < 1.29 is 28.6 Å². The monoisotopic (exact) mass is 576 g/mol. The lowest BCUT2D eigenvalue weighted by molar-refractivity contribution is -0.131. The highest BCUT2D eigenvalue weighted by Crippen LogP contribution is 2.41. The Hall–Kier alpha value is -3.08. The first-order valence-electron chi connectivity index (χ1n) is 13.4. The highest BCUT2D eigenvalue weighted by atomic mass is 35.5. The smallest absolute Gasteiger partial charge is 0.415 e. The van der Waals surface area contributed by atoms with Crippen LogP contribution in [-0.4, -0.2) is 74.2 Å². The van der Waals surface area contributed by atoms with Gasteiger partial charge in [0.25, 0.3) is 5.91 Å². The van der Waals surface area contributed by atoms with Crippen molar-refractivity contribution in [1.29, 1.82) is 0 Å². The second kappa shape index (κ2) is 11.8. The number of halogens is 2. The van der Waals surface area contributed by atoms with Gasteiger partial charge in [-0.2, -0.15) is 0 Å². The van der Waals surface area contributed by atoms with Gasteiger partial charge in [-0.1, -0.05) is 23.7 Å². The first-order valence-corrected chi connectivity index (χ1v) is 13.8. The molecular weight excluding hydrogens is 539 g/mol. The molecule has 0 spiro atoms. The number of benzene rings is 2. The maximum Gasteiger partial charge on any atom is 0.415 e. The SMILES string of the molecule is CN(C)c1cc2c(cc1Cl)N(C(=O)OC(C)(C)C)CC(C(=O)NC(Cc1ccc(F)cc1)C1(O)CCNCC1)O2. The zero-order valence-corrected chi connectivity index (χ0v) is 24.3. The van der Waals surface area contributed by atoms with Gasteiger partial charge >= 0.3 is 6.09 Å². The predicted molar refractivity (Wildman–Crippen MR) is 153 cm³/mol.